The van der Waals surface area contributed by atoms with E-state index in [2.05, 4.69) is 17.1 Å². The third-order valence-electron chi connectivity index (χ3n) is 4.64. The van der Waals surface area contributed by atoms with Gasteiger partial charge in [-0.25, -0.2) is 0 Å². The molecule has 0 aliphatic carbocycles. The quantitative estimate of drug-likeness (QED) is 0.920. The summed E-state index contributed by atoms with van der Waals surface area (Å²) in [5, 5.41) is 0. The van der Waals surface area contributed by atoms with Gasteiger partial charge in [-0.2, -0.15) is 0 Å². The van der Waals surface area contributed by atoms with Crippen molar-refractivity contribution in [2.75, 3.05) is 6.54 Å². The van der Waals surface area contributed by atoms with Crippen molar-refractivity contribution in [3.05, 3.63) is 71.6 Å². The van der Waals surface area contributed by atoms with Crippen molar-refractivity contribution < 1.29 is 9.59 Å². The van der Waals surface area contributed by atoms with E-state index in [1.807, 2.05) is 35.2 Å². The summed E-state index contributed by atoms with van der Waals surface area (Å²) in [6.07, 6.45) is 9.68. The maximum atomic E-state index is 13.0. The molecule has 2 heterocycles. The number of hydrogen-bond donors (Lipinski definition) is 1. The Morgan fingerprint density at radius 1 is 1.08 bits per heavy atom. The molecule has 1 fully saturated rings. The number of nitrogens with two attached hydrogens (primary N) is 1. The number of rotatable bonds is 4. The van der Waals surface area contributed by atoms with Crippen LogP contribution in [0.1, 0.15) is 52.1 Å². The van der Waals surface area contributed by atoms with Crippen LogP contribution in [-0.2, 0) is 0 Å². The molecule has 26 heavy (non-hydrogen) atoms. The molecule has 2 amide bonds. The first-order valence-electron chi connectivity index (χ1n) is 8.95. The van der Waals surface area contributed by atoms with Crippen molar-refractivity contribution in [2.24, 2.45) is 5.73 Å². The van der Waals surface area contributed by atoms with E-state index in [9.17, 15) is 9.59 Å². The summed E-state index contributed by atoms with van der Waals surface area (Å²) in [6.45, 7) is 0.710. The van der Waals surface area contributed by atoms with E-state index in [0.717, 1.165) is 31.2 Å². The van der Waals surface area contributed by atoms with Gasteiger partial charge in [-0.05, 0) is 30.5 Å². The van der Waals surface area contributed by atoms with Crippen molar-refractivity contribution in [3.8, 4) is 0 Å². The third-order valence-corrected chi connectivity index (χ3v) is 4.64. The van der Waals surface area contributed by atoms with Gasteiger partial charge < -0.3 is 10.6 Å². The summed E-state index contributed by atoms with van der Waals surface area (Å²) in [6, 6.07) is 13.2. The summed E-state index contributed by atoms with van der Waals surface area (Å²) in [4.78, 5) is 30.2. The number of benzene rings is 1. The number of nitrogens with zero attached hydrogens (tertiary/aromatic N) is 2. The van der Waals surface area contributed by atoms with E-state index >= 15 is 0 Å². The van der Waals surface area contributed by atoms with Crippen molar-refractivity contribution in [1.82, 2.24) is 9.88 Å². The number of pyridine rings is 1. The van der Waals surface area contributed by atoms with Crippen LogP contribution in [0, 0.1) is 0 Å². The predicted octanol–water partition coefficient (Wildman–Crippen LogP) is 3.28. The first kappa shape index (κ1) is 17.9. The van der Waals surface area contributed by atoms with E-state index < -0.39 is 5.91 Å². The first-order valence-corrected chi connectivity index (χ1v) is 8.95. The lowest BCUT2D eigenvalue weighted by Crippen LogP contribution is -2.39. The molecule has 0 radical (unpaired) electrons. The zero-order chi connectivity index (χ0) is 18.4. The molecular formula is C21H23N3O2. The summed E-state index contributed by atoms with van der Waals surface area (Å²) in [5.41, 5.74) is 7.00. The highest BCUT2D eigenvalue weighted by Gasteiger charge is 2.25. The molecule has 134 valence electrons. The second-order valence-corrected chi connectivity index (χ2v) is 6.48. The molecule has 2 N–H and O–H groups in total. The van der Waals surface area contributed by atoms with Crippen LogP contribution < -0.4 is 5.73 Å². The Hall–Kier alpha value is -2.95. The normalized spacial score (nSPS) is 17.8. The third kappa shape index (κ3) is 4.36. The Balaban J connectivity index is 1.80. The average Bonchev–Trinajstić information content (AvgIpc) is 2.92. The maximum Gasteiger partial charge on any atom is 0.272 e. The summed E-state index contributed by atoms with van der Waals surface area (Å²) in [5.74, 6) is -0.652. The molecular weight excluding hydrogens is 326 g/mol. The van der Waals surface area contributed by atoms with Crippen molar-refractivity contribution in [3.63, 3.8) is 0 Å². The van der Waals surface area contributed by atoms with Crippen LogP contribution >= 0.6 is 0 Å². The Kier molecular flexibility index (Phi) is 5.79. The van der Waals surface area contributed by atoms with Crippen LogP contribution in [0.15, 0.2) is 54.7 Å². The number of likely N-dealkylation sites (tertiary alicyclic amines) is 1. The van der Waals surface area contributed by atoms with Gasteiger partial charge in [0, 0.05) is 12.7 Å². The standard InChI is InChI=1S/C21H23N3O2/c22-20(25)17-11-13-19(23-15-17)21(26)24-14-6-2-5-9-18(24)12-10-16-7-3-1-4-8-16/h1,3-4,7-8,10-13,15,18H,2,5-6,9,14H2,(H2,22,25)/b12-10+/t18-/m1/s1. The van der Waals surface area contributed by atoms with Crippen molar-refractivity contribution in [2.45, 2.75) is 31.7 Å². The molecule has 0 bridgehead atoms. The predicted molar refractivity (Wildman–Crippen MR) is 102 cm³/mol. The lowest BCUT2D eigenvalue weighted by atomic mass is 10.1. The largest absolute Gasteiger partial charge is 0.366 e. The number of carbonyl (C=O) groups excluding carboxylic acids is 2. The van der Waals surface area contributed by atoms with Crippen LogP contribution in [0.2, 0.25) is 0 Å². The molecule has 1 aromatic carbocycles. The number of amides is 2. The minimum Gasteiger partial charge on any atom is -0.366 e. The zero-order valence-corrected chi connectivity index (χ0v) is 14.7. The summed E-state index contributed by atoms with van der Waals surface area (Å²) in [7, 11) is 0. The van der Waals surface area contributed by atoms with Crippen LogP contribution in [-0.4, -0.2) is 34.3 Å². The van der Waals surface area contributed by atoms with Gasteiger partial charge in [-0.15, -0.1) is 0 Å². The molecule has 1 aromatic heterocycles. The number of carbonyl (C=O) groups is 2. The fourth-order valence-corrected chi connectivity index (χ4v) is 3.19. The molecule has 0 unspecified atom stereocenters. The maximum absolute atomic E-state index is 13.0. The lowest BCUT2D eigenvalue weighted by molar-refractivity contribution is 0.0712. The van der Waals surface area contributed by atoms with Crippen LogP contribution in [0.3, 0.4) is 0 Å². The molecule has 1 aliphatic rings. The smallest absolute Gasteiger partial charge is 0.272 e. The zero-order valence-electron chi connectivity index (χ0n) is 14.7. The van der Waals surface area contributed by atoms with Crippen molar-refractivity contribution in [1.29, 1.82) is 0 Å². The van der Waals surface area contributed by atoms with E-state index in [1.165, 1.54) is 6.20 Å². The van der Waals surface area contributed by atoms with Gasteiger partial charge in [0.05, 0.1) is 11.6 Å². The molecule has 1 aliphatic heterocycles. The fourth-order valence-electron chi connectivity index (χ4n) is 3.19. The highest BCUT2D eigenvalue weighted by molar-refractivity contribution is 5.95. The van der Waals surface area contributed by atoms with Gasteiger partial charge in [0.15, 0.2) is 0 Å². The highest BCUT2D eigenvalue weighted by Crippen LogP contribution is 2.21. The van der Waals surface area contributed by atoms with Crippen LogP contribution in [0.5, 0.6) is 0 Å². The van der Waals surface area contributed by atoms with Gasteiger partial charge in [0.2, 0.25) is 5.91 Å². The molecule has 1 atom stereocenters. The molecule has 1 saturated heterocycles. The monoisotopic (exact) mass is 349 g/mol. The Labute approximate surface area is 153 Å². The minimum atomic E-state index is -0.546. The molecule has 0 saturated carbocycles. The van der Waals surface area contributed by atoms with Crippen molar-refractivity contribution >= 4 is 17.9 Å². The van der Waals surface area contributed by atoms with E-state index in [1.54, 1.807) is 12.1 Å². The molecule has 3 rings (SSSR count). The van der Waals surface area contributed by atoms with Gasteiger partial charge in [0.25, 0.3) is 5.91 Å². The Morgan fingerprint density at radius 3 is 2.58 bits per heavy atom. The summed E-state index contributed by atoms with van der Waals surface area (Å²) < 4.78 is 0. The molecule has 0 spiro atoms. The molecule has 2 aromatic rings. The lowest BCUT2D eigenvalue weighted by Gasteiger charge is -2.27. The Morgan fingerprint density at radius 2 is 1.88 bits per heavy atom. The Bertz CT molecular complexity index is 785. The highest BCUT2D eigenvalue weighted by atomic mass is 16.2. The minimum absolute atomic E-state index is 0.0443. The number of hydrogen-bond acceptors (Lipinski definition) is 3. The average molecular weight is 349 g/mol. The fraction of sp³-hybridized carbons (Fsp3) is 0.286. The van der Waals surface area contributed by atoms with Crippen LogP contribution in [0.4, 0.5) is 0 Å². The topological polar surface area (TPSA) is 76.3 Å². The van der Waals surface area contributed by atoms with E-state index in [0.29, 0.717) is 17.8 Å². The second-order valence-electron chi connectivity index (χ2n) is 6.48. The second kappa shape index (κ2) is 8.43. The van der Waals surface area contributed by atoms with Gasteiger partial charge in [0.1, 0.15) is 5.69 Å². The molecule has 5 heteroatoms. The summed E-state index contributed by atoms with van der Waals surface area (Å²) >= 11 is 0. The SMILES string of the molecule is NC(=O)c1ccc(C(=O)N2CCCCC[C@@H]2/C=C/c2ccccc2)nc1. The van der Waals surface area contributed by atoms with Gasteiger partial charge in [-0.3, -0.25) is 14.6 Å². The van der Waals surface area contributed by atoms with E-state index in [-0.39, 0.29) is 11.9 Å². The number of primary amides is 1. The number of aromatic nitrogens is 1. The van der Waals surface area contributed by atoms with Gasteiger partial charge >= 0.3 is 0 Å². The first-order chi connectivity index (χ1) is 12.6. The van der Waals surface area contributed by atoms with E-state index in [4.69, 9.17) is 5.73 Å². The van der Waals surface area contributed by atoms with Gasteiger partial charge in [-0.1, -0.05) is 55.3 Å². The molecule has 5 nitrogen and oxygen atoms in total. The van der Waals surface area contributed by atoms with Crippen LogP contribution in [0.25, 0.3) is 6.08 Å².